The summed E-state index contributed by atoms with van der Waals surface area (Å²) in [7, 11) is 1.55. The van der Waals surface area contributed by atoms with E-state index >= 15 is 0 Å². The first-order valence-electron chi connectivity index (χ1n) is 12.2. The van der Waals surface area contributed by atoms with Crippen molar-refractivity contribution in [3.8, 4) is 5.75 Å². The minimum absolute atomic E-state index is 0.126. The molecule has 9 nitrogen and oxygen atoms in total. The van der Waals surface area contributed by atoms with Gasteiger partial charge in [0, 0.05) is 17.1 Å². The number of hydrogen-bond acceptors (Lipinski definition) is 6. The Morgan fingerprint density at radius 2 is 2.06 bits per heavy atom. The predicted molar refractivity (Wildman–Crippen MR) is 136 cm³/mol. The molecule has 1 aromatic rings. The number of carboxylic acid groups (broad SMARTS) is 1. The molecule has 10 heteroatoms. The van der Waals surface area contributed by atoms with Crippen molar-refractivity contribution in [3.63, 3.8) is 0 Å². The van der Waals surface area contributed by atoms with E-state index in [1.807, 2.05) is 13.8 Å². The highest BCUT2D eigenvalue weighted by Crippen LogP contribution is 2.60. The summed E-state index contributed by atoms with van der Waals surface area (Å²) in [5.41, 5.74) is -0.738. The van der Waals surface area contributed by atoms with Gasteiger partial charge in [0.25, 0.3) is 5.91 Å². The first kappa shape index (κ1) is 26.6. The molecule has 3 saturated heterocycles. The van der Waals surface area contributed by atoms with E-state index in [-0.39, 0.29) is 23.9 Å². The fraction of sp³-hybridized carbons (Fsp3) is 0.577. The molecule has 36 heavy (non-hydrogen) atoms. The summed E-state index contributed by atoms with van der Waals surface area (Å²) in [6.07, 6.45) is 1.85. The van der Waals surface area contributed by atoms with Crippen LogP contribution < -0.4 is 9.64 Å². The number of methoxy groups -OCH3 is 1. The van der Waals surface area contributed by atoms with E-state index in [9.17, 15) is 24.6 Å². The maximum Gasteiger partial charge on any atom is 0.310 e. The Labute approximate surface area is 219 Å². The first-order valence-corrected chi connectivity index (χ1v) is 13.1. The summed E-state index contributed by atoms with van der Waals surface area (Å²) in [5.74, 6) is -3.57. The van der Waals surface area contributed by atoms with Gasteiger partial charge in [0.05, 0.1) is 37.7 Å². The van der Waals surface area contributed by atoms with Crippen molar-refractivity contribution < 1.29 is 34.1 Å². The Morgan fingerprint density at radius 1 is 1.39 bits per heavy atom. The lowest BCUT2D eigenvalue weighted by Gasteiger charge is -2.41. The summed E-state index contributed by atoms with van der Waals surface area (Å²) in [5, 5.41) is 20.4. The van der Waals surface area contributed by atoms with E-state index in [2.05, 4.69) is 22.5 Å². The van der Waals surface area contributed by atoms with Gasteiger partial charge >= 0.3 is 5.97 Å². The summed E-state index contributed by atoms with van der Waals surface area (Å²) >= 11 is 3.55. The quantitative estimate of drug-likeness (QED) is 0.331. The predicted octanol–water partition coefficient (Wildman–Crippen LogP) is 2.45. The Kier molecular flexibility index (Phi) is 7.50. The zero-order chi connectivity index (χ0) is 26.4. The molecule has 3 aliphatic rings. The van der Waals surface area contributed by atoms with Crippen LogP contribution in [-0.2, 0) is 19.1 Å². The Bertz CT molecular complexity index is 1030. The van der Waals surface area contributed by atoms with E-state index in [1.54, 1.807) is 37.5 Å². The van der Waals surface area contributed by atoms with E-state index in [1.165, 1.54) is 9.80 Å². The monoisotopic (exact) mass is 564 g/mol. The minimum atomic E-state index is -1.32. The highest BCUT2D eigenvalue weighted by atomic mass is 79.9. The van der Waals surface area contributed by atoms with E-state index in [4.69, 9.17) is 9.47 Å². The van der Waals surface area contributed by atoms with Gasteiger partial charge in [-0.1, -0.05) is 42.3 Å². The molecule has 2 N–H and O–H groups in total. The third-order valence-corrected chi connectivity index (χ3v) is 8.90. The second-order valence-corrected chi connectivity index (χ2v) is 11.0. The van der Waals surface area contributed by atoms with Crippen molar-refractivity contribution in [1.29, 1.82) is 0 Å². The molecule has 2 amide bonds. The molecule has 196 valence electrons. The van der Waals surface area contributed by atoms with E-state index in [0.717, 1.165) is 0 Å². The number of alkyl halides is 1. The molecule has 0 aliphatic carbocycles. The van der Waals surface area contributed by atoms with Gasteiger partial charge in [-0.05, 0) is 36.6 Å². The van der Waals surface area contributed by atoms with Gasteiger partial charge < -0.3 is 29.5 Å². The van der Waals surface area contributed by atoms with Crippen molar-refractivity contribution in [2.24, 2.45) is 17.8 Å². The van der Waals surface area contributed by atoms with Crippen LogP contribution in [0.4, 0.5) is 5.69 Å². The fourth-order valence-electron chi connectivity index (χ4n) is 6.16. The minimum Gasteiger partial charge on any atom is -0.497 e. The summed E-state index contributed by atoms with van der Waals surface area (Å²) in [4.78, 5) is 43.3. The highest BCUT2D eigenvalue weighted by Gasteiger charge is 2.77. The molecule has 0 saturated carbocycles. The number of amides is 2. The van der Waals surface area contributed by atoms with Crippen LogP contribution in [0.3, 0.4) is 0 Å². The number of fused-ring (bicyclic) bond motifs is 1. The van der Waals surface area contributed by atoms with Crippen molar-refractivity contribution in [2.75, 3.05) is 25.2 Å². The largest absolute Gasteiger partial charge is 0.497 e. The number of carbonyl (C=O) groups is 3. The number of aliphatic hydroxyl groups excluding tert-OH is 1. The second kappa shape index (κ2) is 10.1. The average Bonchev–Trinajstić information content (AvgIpc) is 3.46. The topological polar surface area (TPSA) is 117 Å². The lowest BCUT2D eigenvalue weighted by Crippen LogP contribution is -2.60. The molecule has 3 fully saturated rings. The number of rotatable bonds is 10. The molecule has 3 unspecified atom stereocenters. The van der Waals surface area contributed by atoms with Crippen LogP contribution in [0.15, 0.2) is 36.9 Å². The standard InChI is InChI=1S/C26H33BrN2O7/c1-5-11-28(15-7-9-16(35-4)10-8-15)24(32)22-26-12-17(27)21(36-26)19(25(33)34)20(26)23(31)29(22)18(13-30)14(3)6-2/h5,7-10,14,17-22,30H,1,6,11-13H2,2-4H3,(H,33,34)/t14-,17?,18-,19-,20-,21-,22?,26?/m0/s1. The highest BCUT2D eigenvalue weighted by molar-refractivity contribution is 9.09. The van der Waals surface area contributed by atoms with Gasteiger partial charge in [-0.25, -0.2) is 0 Å². The SMILES string of the molecule is C=CCN(C(=O)C1N([C@@H](CO)[C@@H](C)CC)C(=O)[C@@H]2[C@H](C(=O)O)[C@H]3OC12CC3Br)c1ccc(OC)cc1. The smallest absolute Gasteiger partial charge is 0.310 e. The molecule has 8 atom stereocenters. The van der Waals surface area contributed by atoms with Crippen LogP contribution in [-0.4, -0.2) is 81.8 Å². The third kappa shape index (κ3) is 3.94. The van der Waals surface area contributed by atoms with Crippen molar-refractivity contribution in [3.05, 3.63) is 36.9 Å². The average molecular weight is 565 g/mol. The van der Waals surface area contributed by atoms with Crippen LogP contribution >= 0.6 is 15.9 Å². The van der Waals surface area contributed by atoms with Gasteiger partial charge in [-0.2, -0.15) is 0 Å². The number of benzene rings is 1. The van der Waals surface area contributed by atoms with Gasteiger partial charge in [0.2, 0.25) is 5.91 Å². The van der Waals surface area contributed by atoms with E-state index < -0.39 is 53.4 Å². The molecular formula is C26H33BrN2O7. The second-order valence-electron chi connectivity index (χ2n) is 9.82. The number of likely N-dealkylation sites (tertiary alicyclic amines) is 1. The van der Waals surface area contributed by atoms with Crippen LogP contribution in [0, 0.1) is 17.8 Å². The molecule has 0 aromatic heterocycles. The Balaban J connectivity index is 1.85. The third-order valence-electron chi connectivity index (χ3n) is 8.05. The molecule has 2 bridgehead atoms. The summed E-state index contributed by atoms with van der Waals surface area (Å²) in [6.45, 7) is 7.47. The molecule has 4 rings (SSSR count). The summed E-state index contributed by atoms with van der Waals surface area (Å²) < 4.78 is 11.6. The Hall–Kier alpha value is -2.43. The number of aliphatic hydroxyl groups is 1. The zero-order valence-electron chi connectivity index (χ0n) is 20.7. The van der Waals surface area contributed by atoms with Gasteiger partial charge in [0.15, 0.2) is 0 Å². The maximum atomic E-state index is 14.4. The number of carbonyl (C=O) groups excluding carboxylic acids is 2. The Morgan fingerprint density at radius 3 is 2.58 bits per heavy atom. The lowest BCUT2D eigenvalue weighted by molar-refractivity contribution is -0.151. The number of anilines is 1. The normalized spacial score (nSPS) is 32.2. The molecule has 3 heterocycles. The van der Waals surface area contributed by atoms with Crippen molar-refractivity contribution >= 4 is 39.4 Å². The van der Waals surface area contributed by atoms with E-state index in [0.29, 0.717) is 24.3 Å². The number of aliphatic carboxylic acids is 1. The number of halogens is 1. The van der Waals surface area contributed by atoms with Gasteiger partial charge in [0.1, 0.15) is 17.4 Å². The molecule has 1 spiro atoms. The molecule has 0 radical (unpaired) electrons. The maximum absolute atomic E-state index is 14.4. The lowest BCUT2D eigenvalue weighted by atomic mass is 9.70. The molecular weight excluding hydrogens is 532 g/mol. The molecule has 1 aromatic carbocycles. The van der Waals surface area contributed by atoms with Crippen LogP contribution in [0.1, 0.15) is 26.7 Å². The first-order chi connectivity index (χ1) is 17.2. The van der Waals surface area contributed by atoms with Crippen molar-refractivity contribution in [2.45, 2.75) is 55.3 Å². The van der Waals surface area contributed by atoms with Crippen LogP contribution in [0.5, 0.6) is 5.75 Å². The number of nitrogens with zero attached hydrogens (tertiary/aromatic N) is 2. The fourth-order valence-corrected chi connectivity index (χ4v) is 7.10. The number of hydrogen-bond donors (Lipinski definition) is 2. The van der Waals surface area contributed by atoms with Crippen LogP contribution in [0.2, 0.25) is 0 Å². The summed E-state index contributed by atoms with van der Waals surface area (Å²) in [6, 6.07) is 5.20. The van der Waals surface area contributed by atoms with Crippen LogP contribution in [0.25, 0.3) is 0 Å². The number of ether oxygens (including phenoxy) is 2. The zero-order valence-corrected chi connectivity index (χ0v) is 22.3. The van der Waals surface area contributed by atoms with Gasteiger partial charge in [-0.15, -0.1) is 6.58 Å². The number of carboxylic acids is 1. The van der Waals surface area contributed by atoms with Gasteiger partial charge in [-0.3, -0.25) is 14.4 Å². The molecule has 3 aliphatic heterocycles. The van der Waals surface area contributed by atoms with Crippen molar-refractivity contribution in [1.82, 2.24) is 4.90 Å².